The van der Waals surface area contributed by atoms with E-state index >= 15 is 0 Å². The number of benzene rings is 3. The van der Waals surface area contributed by atoms with Gasteiger partial charge < -0.3 is 4.74 Å². The molecule has 0 bridgehead atoms. The molecule has 3 aromatic carbocycles. The lowest BCUT2D eigenvalue weighted by molar-refractivity contribution is 0.319. The summed E-state index contributed by atoms with van der Waals surface area (Å²) in [5.41, 5.74) is 0.0955. The lowest BCUT2D eigenvalue weighted by atomic mass is 9.82. The van der Waals surface area contributed by atoms with Crippen LogP contribution in [0, 0.1) is 0 Å². The standard InChI is InChI=1S/C24H21ClF2O/c1-24(17-26,19-11-13-20(25)14-12-19)23(27)15-10-18-6-5-9-22(16-18)28-21-7-3-2-4-8-21/h2-9,11-16H,10,17H2,1H3. The summed E-state index contributed by atoms with van der Waals surface area (Å²) in [5, 5.41) is 0.532. The second-order valence-electron chi connectivity index (χ2n) is 6.79. The summed E-state index contributed by atoms with van der Waals surface area (Å²) in [6.07, 6.45) is 1.76. The van der Waals surface area contributed by atoms with E-state index in [1.54, 1.807) is 31.2 Å². The molecule has 0 aliphatic rings. The monoisotopic (exact) mass is 398 g/mol. The molecule has 3 aromatic rings. The quantitative estimate of drug-likeness (QED) is 0.401. The number of allylic oxidation sites excluding steroid dienone is 2. The fourth-order valence-electron chi connectivity index (χ4n) is 2.89. The van der Waals surface area contributed by atoms with Gasteiger partial charge in [0.05, 0.1) is 5.41 Å². The lowest BCUT2D eigenvalue weighted by Crippen LogP contribution is -2.25. The van der Waals surface area contributed by atoms with Crippen LogP contribution in [0.25, 0.3) is 0 Å². The smallest absolute Gasteiger partial charge is 0.127 e. The molecular weight excluding hydrogens is 378 g/mol. The summed E-state index contributed by atoms with van der Waals surface area (Å²) in [6, 6.07) is 23.5. The van der Waals surface area contributed by atoms with E-state index in [1.165, 1.54) is 6.08 Å². The van der Waals surface area contributed by atoms with Crippen LogP contribution >= 0.6 is 11.6 Å². The molecule has 3 rings (SSSR count). The number of alkyl halides is 1. The minimum atomic E-state index is -1.33. The molecule has 0 aromatic heterocycles. The molecule has 0 N–H and O–H groups in total. The molecule has 0 radical (unpaired) electrons. The Morgan fingerprint density at radius 1 is 0.964 bits per heavy atom. The molecule has 0 saturated heterocycles. The van der Waals surface area contributed by atoms with Gasteiger partial charge in [-0.3, -0.25) is 0 Å². The van der Waals surface area contributed by atoms with E-state index in [2.05, 4.69) is 0 Å². The van der Waals surface area contributed by atoms with E-state index in [0.717, 1.165) is 11.3 Å². The zero-order valence-electron chi connectivity index (χ0n) is 15.5. The van der Waals surface area contributed by atoms with Crippen LogP contribution in [0.1, 0.15) is 18.1 Å². The highest BCUT2D eigenvalue weighted by molar-refractivity contribution is 6.30. The maximum Gasteiger partial charge on any atom is 0.127 e. The lowest BCUT2D eigenvalue weighted by Gasteiger charge is -2.25. The van der Waals surface area contributed by atoms with Crippen LogP contribution in [-0.2, 0) is 11.8 Å². The Morgan fingerprint density at radius 3 is 2.32 bits per heavy atom. The summed E-state index contributed by atoms with van der Waals surface area (Å²) in [5.74, 6) is 0.893. The van der Waals surface area contributed by atoms with Gasteiger partial charge in [0, 0.05) is 5.02 Å². The molecule has 1 nitrogen and oxygen atoms in total. The second kappa shape index (κ2) is 9.03. The molecule has 1 atom stereocenters. The van der Waals surface area contributed by atoms with E-state index in [9.17, 15) is 8.78 Å². The highest BCUT2D eigenvalue weighted by Crippen LogP contribution is 2.34. The summed E-state index contributed by atoms with van der Waals surface area (Å²) in [4.78, 5) is 0. The third-order valence-electron chi connectivity index (χ3n) is 4.67. The van der Waals surface area contributed by atoms with E-state index in [-0.39, 0.29) is 0 Å². The van der Waals surface area contributed by atoms with E-state index in [1.807, 2.05) is 54.6 Å². The minimum Gasteiger partial charge on any atom is -0.457 e. The number of ether oxygens (including phenoxy) is 1. The Morgan fingerprint density at radius 2 is 1.64 bits per heavy atom. The molecule has 0 fully saturated rings. The van der Waals surface area contributed by atoms with Crippen molar-refractivity contribution < 1.29 is 13.5 Å². The van der Waals surface area contributed by atoms with Gasteiger partial charge >= 0.3 is 0 Å². The van der Waals surface area contributed by atoms with Crippen LogP contribution in [-0.4, -0.2) is 6.67 Å². The largest absolute Gasteiger partial charge is 0.457 e. The molecule has 0 spiro atoms. The van der Waals surface area contributed by atoms with Gasteiger partial charge in [-0.25, -0.2) is 8.78 Å². The minimum absolute atomic E-state index is 0.334. The summed E-state index contributed by atoms with van der Waals surface area (Å²) in [7, 11) is 0. The summed E-state index contributed by atoms with van der Waals surface area (Å²) in [6.45, 7) is 0.713. The molecule has 0 heterocycles. The maximum atomic E-state index is 14.9. The van der Waals surface area contributed by atoms with Crippen molar-refractivity contribution in [2.75, 3.05) is 6.67 Å². The third kappa shape index (κ3) is 4.79. The first-order valence-corrected chi connectivity index (χ1v) is 9.39. The van der Waals surface area contributed by atoms with Crippen LogP contribution in [0.15, 0.2) is 90.8 Å². The van der Waals surface area contributed by atoms with Gasteiger partial charge in [0.15, 0.2) is 0 Å². The van der Waals surface area contributed by atoms with Gasteiger partial charge in [-0.2, -0.15) is 0 Å². The van der Waals surface area contributed by atoms with Crippen LogP contribution in [0.4, 0.5) is 8.78 Å². The van der Waals surface area contributed by atoms with Gasteiger partial charge in [0.25, 0.3) is 0 Å². The SMILES string of the molecule is CC(CF)(C(F)=CCc1cccc(Oc2ccccc2)c1)c1ccc(Cl)cc1. The molecule has 144 valence electrons. The molecule has 0 aliphatic heterocycles. The molecule has 28 heavy (non-hydrogen) atoms. The molecule has 0 saturated carbocycles. The van der Waals surface area contributed by atoms with E-state index in [0.29, 0.717) is 22.8 Å². The maximum absolute atomic E-state index is 14.9. The predicted molar refractivity (Wildman–Crippen MR) is 111 cm³/mol. The summed E-state index contributed by atoms with van der Waals surface area (Å²) >= 11 is 5.88. The van der Waals surface area contributed by atoms with Crippen molar-refractivity contribution >= 4 is 11.6 Å². The van der Waals surface area contributed by atoms with Crippen LogP contribution < -0.4 is 4.74 Å². The average molecular weight is 399 g/mol. The molecule has 0 aliphatic carbocycles. The number of hydrogen-bond donors (Lipinski definition) is 0. The zero-order chi connectivity index (χ0) is 20.0. The van der Waals surface area contributed by atoms with Gasteiger partial charge in [-0.05, 0) is 66.9 Å². The van der Waals surface area contributed by atoms with Crippen molar-refractivity contribution in [1.82, 2.24) is 0 Å². The number of para-hydroxylation sites is 1. The fraction of sp³-hybridized carbons (Fsp3) is 0.167. The average Bonchev–Trinajstić information content (AvgIpc) is 2.73. The number of rotatable bonds is 7. The zero-order valence-corrected chi connectivity index (χ0v) is 16.3. The summed E-state index contributed by atoms with van der Waals surface area (Å²) < 4.78 is 34.5. The van der Waals surface area contributed by atoms with Crippen molar-refractivity contribution in [3.8, 4) is 11.5 Å². The van der Waals surface area contributed by atoms with Crippen molar-refractivity contribution in [2.24, 2.45) is 0 Å². The van der Waals surface area contributed by atoms with Crippen molar-refractivity contribution in [3.05, 3.63) is 107 Å². The van der Waals surface area contributed by atoms with Crippen LogP contribution in [0.3, 0.4) is 0 Å². The first-order chi connectivity index (χ1) is 13.5. The Hall–Kier alpha value is -2.65. The number of hydrogen-bond acceptors (Lipinski definition) is 1. The Balaban J connectivity index is 1.76. The van der Waals surface area contributed by atoms with Crippen LogP contribution in [0.5, 0.6) is 11.5 Å². The van der Waals surface area contributed by atoms with Gasteiger partial charge in [-0.15, -0.1) is 0 Å². The van der Waals surface area contributed by atoms with Crippen LogP contribution in [0.2, 0.25) is 5.02 Å². The normalized spacial score (nSPS) is 13.8. The Labute approximate surface area is 169 Å². The predicted octanol–water partition coefficient (Wildman–Crippen LogP) is 7.46. The Bertz CT molecular complexity index is 938. The number of halogens is 3. The second-order valence-corrected chi connectivity index (χ2v) is 7.23. The topological polar surface area (TPSA) is 9.23 Å². The molecule has 4 heteroatoms. The molecular formula is C24H21ClF2O. The van der Waals surface area contributed by atoms with Crippen molar-refractivity contribution in [1.29, 1.82) is 0 Å². The fourth-order valence-corrected chi connectivity index (χ4v) is 3.02. The van der Waals surface area contributed by atoms with E-state index < -0.39 is 17.9 Å². The highest BCUT2D eigenvalue weighted by atomic mass is 35.5. The molecule has 0 amide bonds. The Kier molecular flexibility index (Phi) is 6.48. The van der Waals surface area contributed by atoms with Gasteiger partial charge in [0.1, 0.15) is 24.0 Å². The molecule has 1 unspecified atom stereocenters. The van der Waals surface area contributed by atoms with Gasteiger partial charge in [0.2, 0.25) is 0 Å². The first-order valence-electron chi connectivity index (χ1n) is 9.01. The highest BCUT2D eigenvalue weighted by Gasteiger charge is 2.32. The first kappa shape index (κ1) is 20.1. The third-order valence-corrected chi connectivity index (χ3v) is 4.92. The van der Waals surface area contributed by atoms with E-state index in [4.69, 9.17) is 16.3 Å². The van der Waals surface area contributed by atoms with Crippen molar-refractivity contribution in [2.45, 2.75) is 18.8 Å². The van der Waals surface area contributed by atoms with Gasteiger partial charge in [-0.1, -0.05) is 54.1 Å². The van der Waals surface area contributed by atoms with Crippen molar-refractivity contribution in [3.63, 3.8) is 0 Å².